The molecular weight excluding hydrogens is 292 g/mol. The van der Waals surface area contributed by atoms with Crippen LogP contribution in [0, 0.1) is 0 Å². The molecule has 110 valence electrons. The molecule has 0 bridgehead atoms. The van der Waals surface area contributed by atoms with Crippen molar-refractivity contribution in [2.45, 2.75) is 19.0 Å². The Balaban J connectivity index is 2.17. The molecule has 0 aromatic carbocycles. The van der Waals surface area contributed by atoms with Crippen molar-refractivity contribution in [2.24, 2.45) is 0 Å². The Morgan fingerprint density at radius 2 is 2.30 bits per heavy atom. The normalized spacial score (nSPS) is 13.1. The van der Waals surface area contributed by atoms with Crippen LogP contribution in [0.15, 0.2) is 23.0 Å². The first kappa shape index (κ1) is 15.5. The molecule has 0 amide bonds. The minimum absolute atomic E-state index is 0.182. The standard InChI is InChI=1S/C14H21ClN4S/c1-16-13(8-11-4-7-20-10-11)14-12(15)9-17-19(14)6-5-18(2)3/h4,7,9-10,13,16H,5-6,8H2,1-3H3. The van der Waals surface area contributed by atoms with Crippen molar-refractivity contribution in [3.8, 4) is 0 Å². The smallest absolute Gasteiger partial charge is 0.0834 e. The highest BCUT2D eigenvalue weighted by molar-refractivity contribution is 7.07. The molecule has 2 heterocycles. The zero-order valence-electron chi connectivity index (χ0n) is 12.1. The maximum absolute atomic E-state index is 6.34. The number of rotatable bonds is 7. The summed E-state index contributed by atoms with van der Waals surface area (Å²) in [5.74, 6) is 0. The van der Waals surface area contributed by atoms with Gasteiger partial charge in [0.1, 0.15) is 0 Å². The minimum atomic E-state index is 0.182. The summed E-state index contributed by atoms with van der Waals surface area (Å²) in [7, 11) is 6.09. The van der Waals surface area contributed by atoms with Crippen LogP contribution in [0.3, 0.4) is 0 Å². The number of thiophene rings is 1. The van der Waals surface area contributed by atoms with Crippen LogP contribution in [-0.2, 0) is 13.0 Å². The Hall–Kier alpha value is -0.880. The lowest BCUT2D eigenvalue weighted by Gasteiger charge is -2.19. The second kappa shape index (κ2) is 7.22. The van der Waals surface area contributed by atoms with Crippen LogP contribution in [0.2, 0.25) is 5.02 Å². The van der Waals surface area contributed by atoms with Gasteiger partial charge in [-0.2, -0.15) is 16.4 Å². The molecule has 2 aromatic heterocycles. The van der Waals surface area contributed by atoms with E-state index in [2.05, 4.69) is 46.2 Å². The number of aromatic nitrogens is 2. The number of halogens is 1. The van der Waals surface area contributed by atoms with E-state index in [0.29, 0.717) is 0 Å². The van der Waals surface area contributed by atoms with Crippen molar-refractivity contribution in [3.05, 3.63) is 39.3 Å². The van der Waals surface area contributed by atoms with Crippen LogP contribution in [0.25, 0.3) is 0 Å². The van der Waals surface area contributed by atoms with Gasteiger partial charge in [0.2, 0.25) is 0 Å². The highest BCUT2D eigenvalue weighted by Crippen LogP contribution is 2.26. The van der Waals surface area contributed by atoms with Gasteiger partial charge in [-0.25, -0.2) is 0 Å². The van der Waals surface area contributed by atoms with Crippen LogP contribution in [0.1, 0.15) is 17.3 Å². The maximum Gasteiger partial charge on any atom is 0.0834 e. The predicted molar refractivity (Wildman–Crippen MR) is 85.6 cm³/mol. The van der Waals surface area contributed by atoms with Gasteiger partial charge in [-0.1, -0.05) is 11.6 Å². The monoisotopic (exact) mass is 312 g/mol. The van der Waals surface area contributed by atoms with E-state index in [1.165, 1.54) is 5.56 Å². The third kappa shape index (κ3) is 3.82. The molecule has 1 atom stereocenters. The van der Waals surface area contributed by atoms with E-state index in [1.54, 1.807) is 17.5 Å². The van der Waals surface area contributed by atoms with Gasteiger partial charge in [0, 0.05) is 6.54 Å². The first-order chi connectivity index (χ1) is 9.61. The van der Waals surface area contributed by atoms with Gasteiger partial charge in [-0.05, 0) is 50.0 Å². The first-order valence-electron chi connectivity index (χ1n) is 6.66. The van der Waals surface area contributed by atoms with Gasteiger partial charge < -0.3 is 10.2 Å². The lowest BCUT2D eigenvalue weighted by molar-refractivity contribution is 0.363. The molecule has 20 heavy (non-hydrogen) atoms. The summed E-state index contributed by atoms with van der Waals surface area (Å²) < 4.78 is 2.01. The summed E-state index contributed by atoms with van der Waals surface area (Å²) >= 11 is 8.06. The minimum Gasteiger partial charge on any atom is -0.311 e. The van der Waals surface area contributed by atoms with Crippen LogP contribution < -0.4 is 5.32 Å². The van der Waals surface area contributed by atoms with Crippen molar-refractivity contribution in [2.75, 3.05) is 27.7 Å². The quantitative estimate of drug-likeness (QED) is 0.853. The van der Waals surface area contributed by atoms with Crippen LogP contribution >= 0.6 is 22.9 Å². The molecule has 0 radical (unpaired) electrons. The van der Waals surface area contributed by atoms with Crippen LogP contribution in [-0.4, -0.2) is 42.4 Å². The SMILES string of the molecule is CNC(Cc1ccsc1)c1c(Cl)cnn1CCN(C)C. The largest absolute Gasteiger partial charge is 0.311 e. The Kier molecular flexibility index (Phi) is 5.60. The Morgan fingerprint density at radius 3 is 2.90 bits per heavy atom. The zero-order valence-corrected chi connectivity index (χ0v) is 13.7. The fraction of sp³-hybridized carbons (Fsp3) is 0.500. The van der Waals surface area contributed by atoms with Gasteiger partial charge in [0.25, 0.3) is 0 Å². The summed E-state index contributed by atoms with van der Waals surface area (Å²) in [6.45, 7) is 1.79. The van der Waals surface area contributed by atoms with E-state index in [1.807, 2.05) is 11.7 Å². The molecule has 2 aromatic rings. The Morgan fingerprint density at radius 1 is 1.50 bits per heavy atom. The molecular formula is C14H21ClN4S. The van der Waals surface area contributed by atoms with Gasteiger partial charge in [0.15, 0.2) is 0 Å². The molecule has 0 saturated carbocycles. The Labute approximate surface area is 129 Å². The molecule has 2 rings (SSSR count). The number of nitrogens with zero attached hydrogens (tertiary/aromatic N) is 3. The average Bonchev–Trinajstić information content (AvgIpc) is 3.03. The number of hydrogen-bond donors (Lipinski definition) is 1. The summed E-state index contributed by atoms with van der Waals surface area (Å²) in [5.41, 5.74) is 2.40. The highest BCUT2D eigenvalue weighted by atomic mass is 35.5. The van der Waals surface area contributed by atoms with E-state index in [-0.39, 0.29) is 6.04 Å². The predicted octanol–water partition coefficient (Wildman–Crippen LogP) is 2.66. The third-order valence-corrected chi connectivity index (χ3v) is 4.31. The molecule has 0 aliphatic carbocycles. The van der Waals surface area contributed by atoms with Gasteiger partial charge in [-0.3, -0.25) is 4.68 Å². The molecule has 0 saturated heterocycles. The second-order valence-electron chi connectivity index (χ2n) is 5.08. The topological polar surface area (TPSA) is 33.1 Å². The molecule has 0 aliphatic rings. The van der Waals surface area contributed by atoms with Crippen LogP contribution in [0.5, 0.6) is 0 Å². The van der Waals surface area contributed by atoms with Crippen molar-refractivity contribution >= 4 is 22.9 Å². The fourth-order valence-electron chi connectivity index (χ4n) is 2.17. The zero-order chi connectivity index (χ0) is 14.5. The van der Waals surface area contributed by atoms with Crippen molar-refractivity contribution in [1.82, 2.24) is 20.0 Å². The second-order valence-corrected chi connectivity index (χ2v) is 6.27. The summed E-state index contributed by atoms with van der Waals surface area (Å²) in [4.78, 5) is 2.15. The summed E-state index contributed by atoms with van der Waals surface area (Å²) in [5, 5.41) is 12.8. The first-order valence-corrected chi connectivity index (χ1v) is 7.98. The van der Waals surface area contributed by atoms with Crippen LogP contribution in [0.4, 0.5) is 0 Å². The molecule has 1 unspecified atom stereocenters. The van der Waals surface area contributed by atoms with Gasteiger partial charge >= 0.3 is 0 Å². The summed E-state index contributed by atoms with van der Waals surface area (Å²) in [6.07, 6.45) is 2.66. The summed E-state index contributed by atoms with van der Waals surface area (Å²) in [6, 6.07) is 2.34. The fourth-order valence-corrected chi connectivity index (χ4v) is 3.13. The van der Waals surface area contributed by atoms with E-state index in [4.69, 9.17) is 11.6 Å². The molecule has 0 spiro atoms. The molecule has 0 fully saturated rings. The van der Waals surface area contributed by atoms with Gasteiger partial charge in [-0.15, -0.1) is 0 Å². The van der Waals surface area contributed by atoms with E-state index in [9.17, 15) is 0 Å². The Bertz CT molecular complexity index is 521. The number of hydrogen-bond acceptors (Lipinski definition) is 4. The third-order valence-electron chi connectivity index (χ3n) is 3.29. The van der Waals surface area contributed by atoms with E-state index < -0.39 is 0 Å². The average molecular weight is 313 g/mol. The molecule has 6 heteroatoms. The highest BCUT2D eigenvalue weighted by Gasteiger charge is 2.19. The van der Waals surface area contributed by atoms with Crippen molar-refractivity contribution in [3.63, 3.8) is 0 Å². The van der Waals surface area contributed by atoms with E-state index >= 15 is 0 Å². The molecule has 1 N–H and O–H groups in total. The molecule has 0 aliphatic heterocycles. The molecule has 4 nitrogen and oxygen atoms in total. The lowest BCUT2D eigenvalue weighted by atomic mass is 10.1. The van der Waals surface area contributed by atoms with Crippen molar-refractivity contribution in [1.29, 1.82) is 0 Å². The maximum atomic E-state index is 6.34. The number of nitrogens with one attached hydrogen (secondary N) is 1. The number of likely N-dealkylation sites (N-methyl/N-ethyl adjacent to an activating group) is 2. The van der Waals surface area contributed by atoms with Gasteiger partial charge in [0.05, 0.1) is 29.5 Å². The van der Waals surface area contributed by atoms with E-state index in [0.717, 1.165) is 30.2 Å². The lowest BCUT2D eigenvalue weighted by Crippen LogP contribution is -2.26. The van der Waals surface area contributed by atoms with Crippen molar-refractivity contribution < 1.29 is 0 Å².